The summed E-state index contributed by atoms with van der Waals surface area (Å²) in [6.07, 6.45) is 6.65. The molecule has 184 valence electrons. The first kappa shape index (κ1) is 24.2. The number of piperidine rings is 1. The van der Waals surface area contributed by atoms with Crippen molar-refractivity contribution in [3.05, 3.63) is 30.7 Å². The molecule has 1 saturated heterocycles. The van der Waals surface area contributed by atoms with Crippen LogP contribution < -0.4 is 14.8 Å². The highest BCUT2D eigenvalue weighted by molar-refractivity contribution is 5.92. The van der Waals surface area contributed by atoms with Crippen LogP contribution in [0, 0.1) is 5.92 Å². The zero-order valence-electron chi connectivity index (χ0n) is 20.6. The lowest BCUT2D eigenvalue weighted by Gasteiger charge is -2.32. The van der Waals surface area contributed by atoms with Crippen molar-refractivity contribution >= 4 is 22.5 Å². The van der Waals surface area contributed by atoms with Gasteiger partial charge in [0.15, 0.2) is 11.5 Å². The van der Waals surface area contributed by atoms with Crippen LogP contribution in [0.1, 0.15) is 40.0 Å². The number of benzene rings is 1. The second kappa shape index (κ2) is 11.0. The zero-order chi connectivity index (χ0) is 24.0. The van der Waals surface area contributed by atoms with Crippen LogP contribution in [0.2, 0.25) is 0 Å². The topological polar surface area (TPSA) is 97.4 Å². The van der Waals surface area contributed by atoms with Gasteiger partial charge in [0.25, 0.3) is 0 Å². The second-order valence-electron chi connectivity index (χ2n) is 9.72. The lowest BCUT2D eigenvalue weighted by molar-refractivity contribution is -0.0165. The van der Waals surface area contributed by atoms with Crippen molar-refractivity contribution in [2.75, 3.05) is 45.3 Å². The van der Waals surface area contributed by atoms with Crippen molar-refractivity contribution in [2.24, 2.45) is 5.92 Å². The molecule has 4 rings (SSSR count). The van der Waals surface area contributed by atoms with E-state index in [1.165, 1.54) is 19.2 Å². The smallest absolute Gasteiger partial charge is 0.163 e. The Morgan fingerprint density at radius 2 is 1.94 bits per heavy atom. The Hall–Kier alpha value is -2.91. The van der Waals surface area contributed by atoms with E-state index in [4.69, 9.17) is 14.2 Å². The first-order chi connectivity index (χ1) is 16.4. The van der Waals surface area contributed by atoms with E-state index in [0.29, 0.717) is 29.8 Å². The number of hydrogen-bond acceptors (Lipinski definition) is 8. The fourth-order valence-corrected chi connectivity index (χ4v) is 4.20. The summed E-state index contributed by atoms with van der Waals surface area (Å²) in [6.45, 7) is 11.0. The molecule has 1 fully saturated rings. The van der Waals surface area contributed by atoms with Crippen LogP contribution in [0.5, 0.6) is 11.5 Å². The van der Waals surface area contributed by atoms with E-state index in [1.807, 2.05) is 18.2 Å². The maximum absolute atomic E-state index is 6.16. The van der Waals surface area contributed by atoms with Gasteiger partial charge in [-0.2, -0.15) is 5.10 Å². The molecule has 3 aromatic rings. The molecule has 9 nitrogen and oxygen atoms in total. The number of fused-ring (bicyclic) bond motifs is 1. The summed E-state index contributed by atoms with van der Waals surface area (Å²) >= 11 is 0. The number of rotatable bonds is 10. The molecule has 34 heavy (non-hydrogen) atoms. The number of methoxy groups -OCH3 is 1. The number of hydrogen-bond donors (Lipinski definition) is 2. The number of aromatic nitrogens is 4. The van der Waals surface area contributed by atoms with E-state index in [-0.39, 0.29) is 5.60 Å². The first-order valence-corrected chi connectivity index (χ1v) is 12.0. The number of H-pyrrole nitrogens is 1. The quantitative estimate of drug-likeness (QED) is 0.452. The highest BCUT2D eigenvalue weighted by Gasteiger charge is 2.20. The van der Waals surface area contributed by atoms with Crippen molar-refractivity contribution in [1.29, 1.82) is 0 Å². The van der Waals surface area contributed by atoms with Crippen molar-refractivity contribution in [3.8, 4) is 11.5 Å². The lowest BCUT2D eigenvalue weighted by Crippen LogP contribution is -2.37. The fraction of sp³-hybridized carbons (Fsp3) is 0.560. The minimum Gasteiger partial charge on any atom is -0.493 e. The summed E-state index contributed by atoms with van der Waals surface area (Å²) < 4.78 is 17.6. The number of anilines is 2. The Labute approximate surface area is 201 Å². The molecule has 0 radical (unpaired) electrons. The third-order valence-corrected chi connectivity index (χ3v) is 6.11. The van der Waals surface area contributed by atoms with Crippen molar-refractivity contribution in [3.63, 3.8) is 0 Å². The van der Waals surface area contributed by atoms with Crippen molar-refractivity contribution < 1.29 is 14.2 Å². The summed E-state index contributed by atoms with van der Waals surface area (Å²) in [7, 11) is 1.65. The van der Waals surface area contributed by atoms with Crippen LogP contribution >= 0.6 is 0 Å². The molecule has 0 spiro atoms. The SMILES string of the molecule is COc1cc2c(Nc3ccn[nH]3)ncnc2cc1OCCC1CCN(CCOC(C)(C)C)CC1. The summed E-state index contributed by atoms with van der Waals surface area (Å²) in [4.78, 5) is 11.3. The molecule has 0 atom stereocenters. The van der Waals surface area contributed by atoms with E-state index >= 15 is 0 Å². The number of nitrogens with one attached hydrogen (secondary N) is 2. The summed E-state index contributed by atoms with van der Waals surface area (Å²) in [6, 6.07) is 5.68. The van der Waals surface area contributed by atoms with Crippen LogP contribution in [0.4, 0.5) is 11.6 Å². The molecular formula is C25H36N6O3. The van der Waals surface area contributed by atoms with Crippen molar-refractivity contribution in [2.45, 2.75) is 45.6 Å². The average Bonchev–Trinajstić information content (AvgIpc) is 3.32. The van der Waals surface area contributed by atoms with E-state index in [0.717, 1.165) is 49.4 Å². The number of aromatic amines is 1. The molecule has 2 aromatic heterocycles. The van der Waals surface area contributed by atoms with Gasteiger partial charge in [0, 0.05) is 24.1 Å². The Morgan fingerprint density at radius 3 is 2.65 bits per heavy atom. The molecular weight excluding hydrogens is 432 g/mol. The maximum atomic E-state index is 6.16. The minimum atomic E-state index is -0.0662. The van der Waals surface area contributed by atoms with E-state index < -0.39 is 0 Å². The van der Waals surface area contributed by atoms with Gasteiger partial charge >= 0.3 is 0 Å². The fourth-order valence-electron chi connectivity index (χ4n) is 4.20. The largest absolute Gasteiger partial charge is 0.493 e. The molecule has 1 aliphatic heterocycles. The second-order valence-corrected chi connectivity index (χ2v) is 9.72. The van der Waals surface area contributed by atoms with Gasteiger partial charge in [-0.15, -0.1) is 0 Å². The highest BCUT2D eigenvalue weighted by Crippen LogP contribution is 2.35. The Bertz CT molecular complexity index is 1040. The molecule has 0 amide bonds. The van der Waals surface area contributed by atoms with Gasteiger partial charge in [-0.25, -0.2) is 9.97 Å². The van der Waals surface area contributed by atoms with Gasteiger partial charge in [0.1, 0.15) is 18.0 Å². The molecule has 1 aliphatic rings. The van der Waals surface area contributed by atoms with Gasteiger partial charge in [-0.05, 0) is 65.1 Å². The predicted molar refractivity (Wildman–Crippen MR) is 133 cm³/mol. The summed E-state index contributed by atoms with van der Waals surface area (Å²) in [5, 5.41) is 10.9. The predicted octanol–water partition coefficient (Wildman–Crippen LogP) is 4.40. The Morgan fingerprint density at radius 1 is 1.12 bits per heavy atom. The lowest BCUT2D eigenvalue weighted by atomic mass is 9.94. The molecule has 0 unspecified atom stereocenters. The molecule has 0 bridgehead atoms. The highest BCUT2D eigenvalue weighted by atomic mass is 16.5. The van der Waals surface area contributed by atoms with Crippen LogP contribution in [-0.2, 0) is 4.74 Å². The molecule has 2 N–H and O–H groups in total. The van der Waals surface area contributed by atoms with Crippen LogP contribution in [0.25, 0.3) is 10.9 Å². The summed E-state index contributed by atoms with van der Waals surface area (Å²) in [5.41, 5.74) is 0.724. The van der Waals surface area contributed by atoms with Gasteiger partial charge < -0.3 is 24.4 Å². The van der Waals surface area contributed by atoms with Crippen molar-refractivity contribution in [1.82, 2.24) is 25.1 Å². The third-order valence-electron chi connectivity index (χ3n) is 6.11. The number of likely N-dealkylation sites (tertiary alicyclic amines) is 1. The third kappa shape index (κ3) is 6.57. The molecule has 1 aromatic carbocycles. The standard InChI is InChI=1S/C25H36N6O3/c1-25(2,3)34-14-12-31-10-6-18(7-11-31)8-13-33-22-16-20-19(15-21(22)32-4)24(27-17-26-20)29-23-5-9-28-30-23/h5,9,15-18H,6-8,10-14H2,1-4H3,(H2,26,27,28,29,30). The van der Waals surface area contributed by atoms with Gasteiger partial charge in [0.2, 0.25) is 0 Å². The average molecular weight is 469 g/mol. The zero-order valence-corrected chi connectivity index (χ0v) is 20.6. The minimum absolute atomic E-state index is 0.0662. The van der Waals surface area contributed by atoms with E-state index in [2.05, 4.69) is 51.2 Å². The molecule has 3 heterocycles. The van der Waals surface area contributed by atoms with Gasteiger partial charge in [-0.1, -0.05) is 0 Å². The van der Waals surface area contributed by atoms with Crippen LogP contribution in [0.3, 0.4) is 0 Å². The molecule has 9 heteroatoms. The number of ether oxygens (including phenoxy) is 3. The van der Waals surface area contributed by atoms with E-state index in [1.54, 1.807) is 13.3 Å². The molecule has 0 aliphatic carbocycles. The molecule has 0 saturated carbocycles. The first-order valence-electron chi connectivity index (χ1n) is 12.0. The van der Waals surface area contributed by atoms with Crippen LogP contribution in [-0.4, -0.2) is 70.6 Å². The normalized spacial score (nSPS) is 15.5. The van der Waals surface area contributed by atoms with E-state index in [9.17, 15) is 0 Å². The Kier molecular flexibility index (Phi) is 7.84. The summed E-state index contributed by atoms with van der Waals surface area (Å²) in [5.74, 6) is 3.49. The van der Waals surface area contributed by atoms with Crippen LogP contribution in [0.15, 0.2) is 30.7 Å². The van der Waals surface area contributed by atoms with Gasteiger partial charge in [0.05, 0.1) is 37.6 Å². The maximum Gasteiger partial charge on any atom is 0.163 e. The van der Waals surface area contributed by atoms with Gasteiger partial charge in [-0.3, -0.25) is 5.10 Å². The monoisotopic (exact) mass is 468 g/mol. The Balaban J connectivity index is 1.30. The number of nitrogens with zero attached hydrogens (tertiary/aromatic N) is 4.